The summed E-state index contributed by atoms with van der Waals surface area (Å²) in [6, 6.07) is 9.01. The SMILES string of the molecule is CO[C@]1(CC(C)C)NC(=O)[C@](O)(Cc2ccccc2)NC1=O. The highest BCUT2D eigenvalue weighted by Gasteiger charge is 2.53. The quantitative estimate of drug-likeness (QED) is 0.741. The van der Waals surface area contributed by atoms with Crippen LogP contribution in [0.1, 0.15) is 25.8 Å². The van der Waals surface area contributed by atoms with Crippen molar-refractivity contribution in [1.29, 1.82) is 0 Å². The number of hydrogen-bond acceptors (Lipinski definition) is 4. The predicted octanol–water partition coefficient (Wildman–Crippen LogP) is 0.552. The minimum Gasteiger partial charge on any atom is -0.363 e. The third-order valence-corrected chi connectivity index (χ3v) is 3.73. The molecule has 22 heavy (non-hydrogen) atoms. The molecule has 1 heterocycles. The molecule has 1 aromatic rings. The van der Waals surface area contributed by atoms with Gasteiger partial charge in [-0.25, -0.2) is 0 Å². The van der Waals surface area contributed by atoms with Crippen molar-refractivity contribution in [3.05, 3.63) is 35.9 Å². The Labute approximate surface area is 129 Å². The van der Waals surface area contributed by atoms with Crippen LogP contribution in [-0.4, -0.2) is 35.5 Å². The molecule has 0 saturated carbocycles. The Morgan fingerprint density at radius 1 is 1.14 bits per heavy atom. The van der Waals surface area contributed by atoms with E-state index >= 15 is 0 Å². The zero-order chi connectivity index (χ0) is 16.4. The molecule has 0 aliphatic carbocycles. The summed E-state index contributed by atoms with van der Waals surface area (Å²) >= 11 is 0. The van der Waals surface area contributed by atoms with Crippen LogP contribution >= 0.6 is 0 Å². The Kier molecular flexibility index (Phi) is 4.53. The van der Waals surface area contributed by atoms with Gasteiger partial charge < -0.3 is 20.5 Å². The summed E-state index contributed by atoms with van der Waals surface area (Å²) in [4.78, 5) is 24.8. The maximum absolute atomic E-state index is 12.4. The molecule has 1 saturated heterocycles. The summed E-state index contributed by atoms with van der Waals surface area (Å²) in [5, 5.41) is 15.5. The molecule has 1 fully saturated rings. The molecule has 3 N–H and O–H groups in total. The Morgan fingerprint density at radius 3 is 2.32 bits per heavy atom. The first-order valence-electron chi connectivity index (χ1n) is 7.28. The third kappa shape index (κ3) is 3.13. The lowest BCUT2D eigenvalue weighted by Gasteiger charge is -2.43. The molecule has 0 radical (unpaired) electrons. The van der Waals surface area contributed by atoms with E-state index in [9.17, 15) is 14.7 Å². The number of carbonyl (C=O) groups is 2. The van der Waals surface area contributed by atoms with Crippen molar-refractivity contribution in [3.8, 4) is 0 Å². The molecule has 2 rings (SSSR count). The first kappa shape index (κ1) is 16.5. The fraction of sp³-hybridized carbons (Fsp3) is 0.500. The van der Waals surface area contributed by atoms with Gasteiger partial charge in [-0.3, -0.25) is 9.59 Å². The van der Waals surface area contributed by atoms with Gasteiger partial charge in [0.15, 0.2) is 0 Å². The number of amides is 2. The fourth-order valence-corrected chi connectivity index (χ4v) is 2.65. The second-order valence-corrected chi connectivity index (χ2v) is 6.06. The molecule has 0 aromatic heterocycles. The van der Waals surface area contributed by atoms with E-state index < -0.39 is 23.3 Å². The van der Waals surface area contributed by atoms with Crippen LogP contribution in [0.15, 0.2) is 30.3 Å². The third-order valence-electron chi connectivity index (χ3n) is 3.73. The molecule has 1 aliphatic heterocycles. The molecule has 6 heteroatoms. The van der Waals surface area contributed by atoms with Crippen LogP contribution < -0.4 is 10.6 Å². The van der Waals surface area contributed by atoms with Crippen molar-refractivity contribution in [1.82, 2.24) is 10.6 Å². The van der Waals surface area contributed by atoms with Crippen LogP contribution in [0.25, 0.3) is 0 Å². The van der Waals surface area contributed by atoms with Crippen molar-refractivity contribution >= 4 is 11.8 Å². The van der Waals surface area contributed by atoms with Gasteiger partial charge in [0.2, 0.25) is 11.4 Å². The van der Waals surface area contributed by atoms with Crippen LogP contribution in [0.5, 0.6) is 0 Å². The first-order chi connectivity index (χ1) is 10.3. The molecule has 2 amide bonds. The number of nitrogens with one attached hydrogen (secondary N) is 2. The Hall–Kier alpha value is -1.92. The van der Waals surface area contributed by atoms with Gasteiger partial charge in [0.05, 0.1) is 0 Å². The minimum absolute atomic E-state index is 0.00706. The second-order valence-electron chi connectivity index (χ2n) is 6.06. The second kappa shape index (κ2) is 6.06. The van der Waals surface area contributed by atoms with Crippen molar-refractivity contribution in [2.75, 3.05) is 7.11 Å². The average molecular weight is 306 g/mol. The highest BCUT2D eigenvalue weighted by atomic mass is 16.5. The zero-order valence-electron chi connectivity index (χ0n) is 13.1. The largest absolute Gasteiger partial charge is 0.363 e. The van der Waals surface area contributed by atoms with E-state index in [0.29, 0.717) is 6.42 Å². The first-order valence-corrected chi connectivity index (χ1v) is 7.28. The Bertz CT molecular complexity index is 561. The number of methoxy groups -OCH3 is 1. The van der Waals surface area contributed by atoms with E-state index in [1.165, 1.54) is 7.11 Å². The summed E-state index contributed by atoms with van der Waals surface area (Å²) < 4.78 is 5.26. The standard InChI is InChI=1S/C16H22N2O4/c1-11(2)9-16(22-3)14(20)17-15(21,13(19)18-16)10-12-7-5-4-6-8-12/h4-8,11,21H,9-10H2,1-3H3,(H,17,20)(H,18,19)/t15-,16+/m1/s1. The van der Waals surface area contributed by atoms with Gasteiger partial charge in [-0.2, -0.15) is 0 Å². The van der Waals surface area contributed by atoms with Crippen LogP contribution in [-0.2, 0) is 20.7 Å². The summed E-state index contributed by atoms with van der Waals surface area (Å²) in [7, 11) is 1.36. The lowest BCUT2D eigenvalue weighted by Crippen LogP contribution is -2.76. The number of carbonyl (C=O) groups excluding carboxylic acids is 2. The highest BCUT2D eigenvalue weighted by Crippen LogP contribution is 2.25. The number of rotatable bonds is 5. The summed E-state index contributed by atoms with van der Waals surface area (Å²) in [6.07, 6.45) is 0.315. The summed E-state index contributed by atoms with van der Waals surface area (Å²) in [5.74, 6) is -1.08. The van der Waals surface area contributed by atoms with Gasteiger partial charge in [-0.1, -0.05) is 44.2 Å². The smallest absolute Gasteiger partial charge is 0.276 e. The van der Waals surface area contributed by atoms with Gasteiger partial charge in [0, 0.05) is 20.0 Å². The van der Waals surface area contributed by atoms with Crippen molar-refractivity contribution in [2.45, 2.75) is 38.1 Å². The lowest BCUT2D eigenvalue weighted by molar-refractivity contribution is -0.182. The van der Waals surface area contributed by atoms with Crippen LogP contribution in [0.2, 0.25) is 0 Å². The monoisotopic (exact) mass is 306 g/mol. The van der Waals surface area contributed by atoms with E-state index in [1.54, 1.807) is 24.3 Å². The summed E-state index contributed by atoms with van der Waals surface area (Å²) in [6.45, 7) is 3.84. The number of benzene rings is 1. The predicted molar refractivity (Wildman–Crippen MR) is 80.6 cm³/mol. The molecule has 0 spiro atoms. The molecule has 6 nitrogen and oxygen atoms in total. The maximum Gasteiger partial charge on any atom is 0.276 e. The fourth-order valence-electron chi connectivity index (χ4n) is 2.65. The van der Waals surface area contributed by atoms with Gasteiger partial charge >= 0.3 is 0 Å². The molecular weight excluding hydrogens is 284 g/mol. The summed E-state index contributed by atoms with van der Waals surface area (Å²) in [5.41, 5.74) is -2.67. The van der Waals surface area contributed by atoms with Crippen molar-refractivity contribution in [3.63, 3.8) is 0 Å². The topological polar surface area (TPSA) is 87.7 Å². The zero-order valence-corrected chi connectivity index (χ0v) is 13.1. The Morgan fingerprint density at radius 2 is 1.77 bits per heavy atom. The van der Waals surface area contributed by atoms with E-state index in [1.807, 2.05) is 19.9 Å². The van der Waals surface area contributed by atoms with Gasteiger partial charge in [0.1, 0.15) is 0 Å². The molecular formula is C16H22N2O4. The number of ether oxygens (including phenoxy) is 1. The Balaban J connectivity index is 2.22. The van der Waals surface area contributed by atoms with Crippen molar-refractivity contribution in [2.24, 2.45) is 5.92 Å². The molecule has 120 valence electrons. The molecule has 2 atom stereocenters. The minimum atomic E-state index is -1.97. The van der Waals surface area contributed by atoms with Gasteiger partial charge in [0.25, 0.3) is 11.8 Å². The normalized spacial score (nSPS) is 28.4. The number of aliphatic hydroxyl groups is 1. The lowest BCUT2D eigenvalue weighted by atomic mass is 9.92. The van der Waals surface area contributed by atoms with E-state index in [4.69, 9.17) is 4.74 Å². The molecule has 0 bridgehead atoms. The molecule has 1 aromatic carbocycles. The number of hydrogen-bond donors (Lipinski definition) is 3. The van der Waals surface area contributed by atoms with E-state index in [2.05, 4.69) is 10.6 Å². The van der Waals surface area contributed by atoms with Gasteiger partial charge in [-0.15, -0.1) is 0 Å². The number of piperazine rings is 1. The molecule has 0 unspecified atom stereocenters. The average Bonchev–Trinajstić information content (AvgIpc) is 2.45. The van der Waals surface area contributed by atoms with Crippen LogP contribution in [0.4, 0.5) is 0 Å². The molecule has 1 aliphatic rings. The van der Waals surface area contributed by atoms with Crippen molar-refractivity contribution < 1.29 is 19.4 Å². The van der Waals surface area contributed by atoms with E-state index in [0.717, 1.165) is 5.56 Å². The van der Waals surface area contributed by atoms with Crippen LogP contribution in [0, 0.1) is 5.92 Å². The van der Waals surface area contributed by atoms with E-state index in [-0.39, 0.29) is 12.3 Å². The maximum atomic E-state index is 12.4. The van der Waals surface area contributed by atoms with Crippen LogP contribution in [0.3, 0.4) is 0 Å². The highest BCUT2D eigenvalue weighted by molar-refractivity contribution is 6.00. The van der Waals surface area contributed by atoms with Gasteiger partial charge in [-0.05, 0) is 11.5 Å².